The van der Waals surface area contributed by atoms with Gasteiger partial charge in [-0.3, -0.25) is 4.79 Å². The number of hydrogen-bond donors (Lipinski definition) is 3. The normalized spacial score (nSPS) is 21.7. The molecule has 2 heterocycles. The first-order valence-corrected chi connectivity index (χ1v) is 8.42. The molecule has 4 rings (SSSR count). The Labute approximate surface area is 146 Å². The second kappa shape index (κ2) is 5.84. The van der Waals surface area contributed by atoms with Crippen LogP contribution in [0.3, 0.4) is 0 Å². The lowest BCUT2D eigenvalue weighted by Gasteiger charge is -2.42. The number of hydrogen-bond acceptors (Lipinski definition) is 3. The minimum Gasteiger partial charge on any atom is -0.351 e. The molecule has 1 aliphatic heterocycles. The predicted octanol–water partition coefficient (Wildman–Crippen LogP) is 3.56. The van der Waals surface area contributed by atoms with Crippen LogP contribution in [0.5, 0.6) is 0 Å². The van der Waals surface area contributed by atoms with E-state index < -0.39 is 23.0 Å². The minimum absolute atomic E-state index is 0.0966. The summed E-state index contributed by atoms with van der Waals surface area (Å²) < 4.78 is 57.3. The lowest BCUT2D eigenvalue weighted by atomic mass is 9.68. The SMILES string of the molecule is O=c1[nH]ccc2c1Nc1ccc(F)cc1C2(CCNC1CC1)C(F)(F)F. The van der Waals surface area contributed by atoms with E-state index in [0.29, 0.717) is 0 Å². The van der Waals surface area contributed by atoms with Gasteiger partial charge in [0.25, 0.3) is 5.56 Å². The Bertz CT molecular complexity index is 904. The van der Waals surface area contributed by atoms with E-state index in [1.54, 1.807) is 0 Å². The molecule has 0 saturated heterocycles. The number of halogens is 4. The fourth-order valence-corrected chi connectivity index (χ4v) is 3.68. The van der Waals surface area contributed by atoms with Gasteiger partial charge in [0.1, 0.15) is 16.9 Å². The molecule has 8 heteroatoms. The Morgan fingerprint density at radius 2 is 1.96 bits per heavy atom. The molecule has 3 N–H and O–H groups in total. The van der Waals surface area contributed by atoms with Gasteiger partial charge in [-0.1, -0.05) is 0 Å². The minimum atomic E-state index is -4.70. The molecular formula is C18H17F4N3O. The summed E-state index contributed by atoms with van der Waals surface area (Å²) in [7, 11) is 0. The highest BCUT2D eigenvalue weighted by Crippen LogP contribution is 2.55. The third-order valence-corrected chi connectivity index (χ3v) is 5.12. The Kier molecular flexibility index (Phi) is 3.83. The number of anilines is 2. The summed E-state index contributed by atoms with van der Waals surface area (Å²) in [6.45, 7) is 0.117. The van der Waals surface area contributed by atoms with Crippen LogP contribution in [0.2, 0.25) is 0 Å². The van der Waals surface area contributed by atoms with Gasteiger partial charge < -0.3 is 15.6 Å². The van der Waals surface area contributed by atoms with E-state index in [4.69, 9.17) is 0 Å². The van der Waals surface area contributed by atoms with Crippen molar-refractivity contribution in [3.8, 4) is 0 Å². The van der Waals surface area contributed by atoms with E-state index in [-0.39, 0.29) is 41.5 Å². The number of aromatic amines is 1. The van der Waals surface area contributed by atoms with Crippen molar-refractivity contribution >= 4 is 11.4 Å². The maximum Gasteiger partial charge on any atom is 0.402 e. The molecule has 0 amide bonds. The molecule has 1 unspecified atom stereocenters. The fraction of sp³-hybridized carbons (Fsp3) is 0.389. The highest BCUT2D eigenvalue weighted by atomic mass is 19.4. The molecule has 1 saturated carbocycles. The molecule has 1 atom stereocenters. The Morgan fingerprint density at radius 1 is 1.19 bits per heavy atom. The fourth-order valence-electron chi connectivity index (χ4n) is 3.68. The second-order valence-corrected chi connectivity index (χ2v) is 6.79. The Hall–Kier alpha value is -2.35. The van der Waals surface area contributed by atoms with Crippen LogP contribution >= 0.6 is 0 Å². The van der Waals surface area contributed by atoms with Crippen molar-refractivity contribution in [2.24, 2.45) is 0 Å². The molecule has 1 aromatic carbocycles. The first-order valence-electron chi connectivity index (χ1n) is 8.42. The second-order valence-electron chi connectivity index (χ2n) is 6.79. The van der Waals surface area contributed by atoms with E-state index in [1.807, 2.05) is 0 Å². The summed E-state index contributed by atoms with van der Waals surface area (Å²) in [5, 5.41) is 5.84. The number of H-pyrrole nitrogens is 1. The van der Waals surface area contributed by atoms with Crippen LogP contribution < -0.4 is 16.2 Å². The number of nitrogens with one attached hydrogen (secondary N) is 3. The molecule has 1 fully saturated rings. The highest BCUT2D eigenvalue weighted by Gasteiger charge is 2.60. The molecule has 0 spiro atoms. The predicted molar refractivity (Wildman–Crippen MR) is 89.2 cm³/mol. The number of aromatic nitrogens is 1. The van der Waals surface area contributed by atoms with Crippen LogP contribution in [0.4, 0.5) is 28.9 Å². The highest BCUT2D eigenvalue weighted by molar-refractivity contribution is 5.75. The van der Waals surface area contributed by atoms with Gasteiger partial charge in [0, 0.05) is 23.5 Å². The zero-order chi connectivity index (χ0) is 18.5. The summed E-state index contributed by atoms with van der Waals surface area (Å²) in [6, 6.07) is 4.73. The van der Waals surface area contributed by atoms with Gasteiger partial charge in [-0.05, 0) is 55.6 Å². The molecule has 1 aliphatic carbocycles. The monoisotopic (exact) mass is 367 g/mol. The standard InChI is InChI=1S/C18H17F4N3O/c19-10-1-4-14-13(9-10)17(18(20,21)22,6-8-23-11-2-3-11)12-5-7-24-16(26)15(12)25-14/h1,4-5,7,9,11,23,25H,2-3,6,8H2,(H,24,26). The first-order chi connectivity index (χ1) is 12.3. The van der Waals surface area contributed by atoms with Crippen molar-refractivity contribution in [2.75, 3.05) is 11.9 Å². The van der Waals surface area contributed by atoms with E-state index in [1.165, 1.54) is 18.3 Å². The molecule has 26 heavy (non-hydrogen) atoms. The van der Waals surface area contributed by atoms with Crippen LogP contribution in [0.25, 0.3) is 0 Å². The topological polar surface area (TPSA) is 56.9 Å². The van der Waals surface area contributed by atoms with Crippen molar-refractivity contribution in [2.45, 2.75) is 36.9 Å². The molecule has 0 bridgehead atoms. The van der Waals surface area contributed by atoms with Crippen LogP contribution in [-0.4, -0.2) is 23.7 Å². The van der Waals surface area contributed by atoms with Crippen LogP contribution in [0, 0.1) is 5.82 Å². The lowest BCUT2D eigenvalue weighted by Crippen LogP contribution is -2.48. The van der Waals surface area contributed by atoms with Crippen LogP contribution in [-0.2, 0) is 5.41 Å². The zero-order valence-corrected chi connectivity index (χ0v) is 13.7. The van der Waals surface area contributed by atoms with Crippen LogP contribution in [0.1, 0.15) is 30.4 Å². The smallest absolute Gasteiger partial charge is 0.351 e. The molecule has 2 aromatic rings. The summed E-state index contributed by atoms with van der Waals surface area (Å²) in [5.41, 5.74) is -3.51. The zero-order valence-electron chi connectivity index (χ0n) is 13.7. The largest absolute Gasteiger partial charge is 0.402 e. The third-order valence-electron chi connectivity index (χ3n) is 5.12. The number of pyridine rings is 1. The molecule has 2 aliphatic rings. The molecule has 0 radical (unpaired) electrons. The summed E-state index contributed by atoms with van der Waals surface area (Å²) in [6.07, 6.45) is -1.93. The maximum atomic E-state index is 14.5. The van der Waals surface area contributed by atoms with Crippen molar-refractivity contribution < 1.29 is 17.6 Å². The number of rotatable bonds is 4. The summed E-state index contributed by atoms with van der Waals surface area (Å²) in [5.74, 6) is -0.748. The van der Waals surface area contributed by atoms with Gasteiger partial charge in [0.05, 0.1) is 0 Å². The van der Waals surface area contributed by atoms with Gasteiger partial charge in [-0.25, -0.2) is 4.39 Å². The van der Waals surface area contributed by atoms with Crippen molar-refractivity contribution in [3.63, 3.8) is 0 Å². The van der Waals surface area contributed by atoms with Gasteiger partial charge in [0.2, 0.25) is 0 Å². The van der Waals surface area contributed by atoms with Crippen LogP contribution in [0.15, 0.2) is 35.3 Å². The van der Waals surface area contributed by atoms with Crippen molar-refractivity contribution in [3.05, 3.63) is 57.8 Å². The number of fused-ring (bicyclic) bond motifs is 2. The van der Waals surface area contributed by atoms with E-state index in [2.05, 4.69) is 15.6 Å². The average molecular weight is 367 g/mol. The van der Waals surface area contributed by atoms with E-state index >= 15 is 0 Å². The molecule has 138 valence electrons. The lowest BCUT2D eigenvalue weighted by molar-refractivity contribution is -0.180. The van der Waals surface area contributed by atoms with Gasteiger partial charge >= 0.3 is 6.18 Å². The third kappa shape index (κ3) is 2.59. The molecule has 1 aromatic heterocycles. The Balaban J connectivity index is 1.93. The number of benzene rings is 1. The molecule has 4 nitrogen and oxygen atoms in total. The number of alkyl halides is 3. The Morgan fingerprint density at radius 3 is 2.65 bits per heavy atom. The maximum absolute atomic E-state index is 14.5. The quantitative estimate of drug-likeness (QED) is 0.725. The van der Waals surface area contributed by atoms with Gasteiger partial charge in [0.15, 0.2) is 0 Å². The summed E-state index contributed by atoms with van der Waals surface area (Å²) >= 11 is 0. The molecular weight excluding hydrogens is 350 g/mol. The van der Waals surface area contributed by atoms with Crippen molar-refractivity contribution in [1.29, 1.82) is 0 Å². The van der Waals surface area contributed by atoms with E-state index in [9.17, 15) is 22.4 Å². The van der Waals surface area contributed by atoms with Gasteiger partial charge in [-0.15, -0.1) is 0 Å². The van der Waals surface area contributed by atoms with E-state index in [0.717, 1.165) is 25.0 Å². The van der Waals surface area contributed by atoms with Crippen molar-refractivity contribution in [1.82, 2.24) is 10.3 Å². The summed E-state index contributed by atoms with van der Waals surface area (Å²) in [4.78, 5) is 14.6. The average Bonchev–Trinajstić information content (AvgIpc) is 3.38. The van der Waals surface area contributed by atoms with Gasteiger partial charge in [-0.2, -0.15) is 13.2 Å². The first kappa shape index (κ1) is 17.1.